The van der Waals surface area contributed by atoms with Crippen molar-refractivity contribution in [1.29, 1.82) is 0 Å². The summed E-state index contributed by atoms with van der Waals surface area (Å²) in [5, 5.41) is 11.2. The Morgan fingerprint density at radius 1 is 1.08 bits per heavy atom. The Hall–Kier alpha value is -2.36. The van der Waals surface area contributed by atoms with E-state index in [0.717, 1.165) is 13.1 Å². The highest BCUT2D eigenvalue weighted by Gasteiger charge is 2.61. The summed E-state index contributed by atoms with van der Waals surface area (Å²) >= 11 is 0. The second kappa shape index (κ2) is 6.17. The van der Waals surface area contributed by atoms with Gasteiger partial charge >= 0.3 is 5.97 Å². The van der Waals surface area contributed by atoms with Crippen molar-refractivity contribution >= 4 is 22.6 Å². The van der Waals surface area contributed by atoms with Crippen molar-refractivity contribution < 1.29 is 14.7 Å². The van der Waals surface area contributed by atoms with Crippen LogP contribution < -0.4 is 0 Å². The van der Waals surface area contributed by atoms with Gasteiger partial charge in [0.25, 0.3) is 0 Å². The van der Waals surface area contributed by atoms with Crippen molar-refractivity contribution in [2.75, 3.05) is 13.1 Å². The zero-order valence-electron chi connectivity index (χ0n) is 14.3. The number of piperidine rings is 1. The number of hydrogen-bond donors (Lipinski definition) is 1. The molecule has 2 aromatic rings. The number of carboxylic acid groups (broad SMARTS) is 1. The molecule has 0 bridgehead atoms. The zero-order valence-corrected chi connectivity index (χ0v) is 14.3. The molecule has 2 aromatic carbocycles. The maximum absolute atomic E-state index is 12.4. The van der Waals surface area contributed by atoms with E-state index >= 15 is 0 Å². The monoisotopic (exact) mass is 337 g/mol. The molecule has 1 saturated carbocycles. The number of carbonyl (C=O) groups is 2. The van der Waals surface area contributed by atoms with Gasteiger partial charge in [0.05, 0.1) is 0 Å². The van der Waals surface area contributed by atoms with Gasteiger partial charge in [-0.15, -0.1) is 0 Å². The second-order valence-corrected chi connectivity index (χ2v) is 7.49. The molecule has 1 N–H and O–H groups in total. The first-order valence-corrected chi connectivity index (χ1v) is 9.07. The Kier molecular flexibility index (Phi) is 3.98. The SMILES string of the molecule is O=C(O)CCCCC(=O)N1C[C@H]2C[C@@]2(c2ccc3ccccc3c2)C1. The highest BCUT2D eigenvalue weighted by atomic mass is 16.4. The van der Waals surface area contributed by atoms with Crippen molar-refractivity contribution in [3.05, 3.63) is 48.0 Å². The summed E-state index contributed by atoms with van der Waals surface area (Å²) in [5.74, 6) is -0.0282. The van der Waals surface area contributed by atoms with Crippen LogP contribution in [0.1, 0.15) is 37.7 Å². The normalized spacial score (nSPS) is 24.3. The number of carboxylic acids is 1. The van der Waals surface area contributed by atoms with Crippen LogP contribution in [0.3, 0.4) is 0 Å². The minimum Gasteiger partial charge on any atom is -0.481 e. The van der Waals surface area contributed by atoms with E-state index in [4.69, 9.17) is 5.11 Å². The molecule has 4 heteroatoms. The van der Waals surface area contributed by atoms with Gasteiger partial charge in [0.1, 0.15) is 0 Å². The average molecular weight is 337 g/mol. The smallest absolute Gasteiger partial charge is 0.303 e. The minimum atomic E-state index is -0.787. The molecule has 0 radical (unpaired) electrons. The molecule has 2 atom stereocenters. The van der Waals surface area contributed by atoms with Crippen LogP contribution in [0.4, 0.5) is 0 Å². The van der Waals surface area contributed by atoms with Crippen LogP contribution in [0, 0.1) is 5.92 Å². The summed E-state index contributed by atoms with van der Waals surface area (Å²) in [4.78, 5) is 25.0. The van der Waals surface area contributed by atoms with Crippen LogP contribution >= 0.6 is 0 Å². The van der Waals surface area contributed by atoms with E-state index in [1.165, 1.54) is 22.8 Å². The molecular formula is C21H23NO3. The fourth-order valence-corrected chi connectivity index (χ4v) is 4.33. The number of aliphatic carboxylic acids is 1. The van der Waals surface area contributed by atoms with Gasteiger partial charge in [0.15, 0.2) is 0 Å². The van der Waals surface area contributed by atoms with E-state index < -0.39 is 5.97 Å². The van der Waals surface area contributed by atoms with E-state index in [2.05, 4.69) is 42.5 Å². The number of likely N-dealkylation sites (tertiary alicyclic amines) is 1. The molecule has 1 heterocycles. The number of benzene rings is 2. The third-order valence-electron chi connectivity index (χ3n) is 5.85. The molecule has 25 heavy (non-hydrogen) atoms. The van der Waals surface area contributed by atoms with Gasteiger partial charge in [-0.25, -0.2) is 0 Å². The lowest BCUT2D eigenvalue weighted by Crippen LogP contribution is -2.32. The zero-order chi connectivity index (χ0) is 17.4. The molecule has 2 fully saturated rings. The maximum atomic E-state index is 12.4. The first kappa shape index (κ1) is 16.1. The summed E-state index contributed by atoms with van der Waals surface area (Å²) in [6, 6.07) is 15.1. The van der Waals surface area contributed by atoms with Crippen LogP contribution in [0.2, 0.25) is 0 Å². The number of nitrogens with zero attached hydrogens (tertiary/aromatic N) is 1. The topological polar surface area (TPSA) is 57.6 Å². The predicted molar refractivity (Wildman–Crippen MR) is 96.4 cm³/mol. The van der Waals surface area contributed by atoms with Crippen molar-refractivity contribution in [2.45, 2.75) is 37.5 Å². The summed E-state index contributed by atoms with van der Waals surface area (Å²) < 4.78 is 0. The summed E-state index contributed by atoms with van der Waals surface area (Å²) in [5.41, 5.74) is 1.51. The Labute approximate surface area is 147 Å². The Morgan fingerprint density at radius 3 is 2.64 bits per heavy atom. The molecule has 1 aliphatic carbocycles. The van der Waals surface area contributed by atoms with Crippen LogP contribution in [0.15, 0.2) is 42.5 Å². The van der Waals surface area contributed by atoms with Gasteiger partial charge in [-0.2, -0.15) is 0 Å². The maximum Gasteiger partial charge on any atom is 0.303 e. The van der Waals surface area contributed by atoms with E-state index in [-0.39, 0.29) is 17.7 Å². The van der Waals surface area contributed by atoms with Crippen molar-refractivity contribution in [3.63, 3.8) is 0 Å². The molecule has 0 spiro atoms. The fraction of sp³-hybridized carbons (Fsp3) is 0.429. The summed E-state index contributed by atoms with van der Waals surface area (Å²) in [7, 11) is 0. The Morgan fingerprint density at radius 2 is 1.84 bits per heavy atom. The lowest BCUT2D eigenvalue weighted by molar-refractivity contribution is -0.137. The molecule has 0 unspecified atom stereocenters. The standard InChI is InChI=1S/C21H23NO3/c23-19(7-3-4-8-20(24)25)22-13-18-12-21(18,14-22)17-10-9-15-5-1-2-6-16(15)11-17/h1-2,5-6,9-11,18H,3-4,7-8,12-14H2,(H,24,25)/t18-,21+/m1/s1. The summed E-state index contributed by atoms with van der Waals surface area (Å²) in [6.45, 7) is 1.67. The van der Waals surface area contributed by atoms with Gasteiger partial charge < -0.3 is 10.0 Å². The summed E-state index contributed by atoms with van der Waals surface area (Å²) in [6.07, 6.45) is 3.03. The van der Waals surface area contributed by atoms with Crippen LogP contribution in [0.5, 0.6) is 0 Å². The minimum absolute atomic E-state index is 0.150. The molecule has 4 nitrogen and oxygen atoms in total. The van der Waals surface area contributed by atoms with Crippen molar-refractivity contribution in [3.8, 4) is 0 Å². The van der Waals surface area contributed by atoms with Crippen LogP contribution in [-0.2, 0) is 15.0 Å². The molecule has 1 saturated heterocycles. The molecule has 130 valence electrons. The van der Waals surface area contributed by atoms with E-state index in [9.17, 15) is 9.59 Å². The quantitative estimate of drug-likeness (QED) is 0.820. The van der Waals surface area contributed by atoms with Crippen LogP contribution in [-0.4, -0.2) is 35.0 Å². The molecule has 4 rings (SSSR count). The number of amides is 1. The molecule has 2 aliphatic rings. The van der Waals surface area contributed by atoms with Crippen molar-refractivity contribution in [2.24, 2.45) is 5.92 Å². The van der Waals surface area contributed by atoms with Gasteiger partial charge in [-0.3, -0.25) is 9.59 Å². The number of fused-ring (bicyclic) bond motifs is 2. The number of unbranched alkanes of at least 4 members (excludes halogenated alkanes) is 1. The third kappa shape index (κ3) is 3.01. The largest absolute Gasteiger partial charge is 0.481 e. The number of rotatable bonds is 6. The molecular weight excluding hydrogens is 314 g/mol. The first-order chi connectivity index (χ1) is 12.1. The molecule has 1 amide bonds. The Balaban J connectivity index is 1.41. The highest BCUT2D eigenvalue weighted by Crippen LogP contribution is 2.59. The number of hydrogen-bond acceptors (Lipinski definition) is 2. The van der Waals surface area contributed by atoms with Gasteiger partial charge in [0, 0.05) is 31.3 Å². The van der Waals surface area contributed by atoms with E-state index in [1.54, 1.807) is 0 Å². The first-order valence-electron chi connectivity index (χ1n) is 9.07. The second-order valence-electron chi connectivity index (χ2n) is 7.49. The third-order valence-corrected chi connectivity index (χ3v) is 5.85. The van der Waals surface area contributed by atoms with E-state index in [1.807, 2.05) is 4.90 Å². The predicted octanol–water partition coefficient (Wildman–Crippen LogP) is 3.58. The molecule has 1 aliphatic heterocycles. The highest BCUT2D eigenvalue weighted by molar-refractivity contribution is 5.84. The fourth-order valence-electron chi connectivity index (χ4n) is 4.33. The molecule has 0 aromatic heterocycles. The van der Waals surface area contributed by atoms with Gasteiger partial charge in [-0.05, 0) is 41.5 Å². The van der Waals surface area contributed by atoms with Crippen molar-refractivity contribution in [1.82, 2.24) is 4.90 Å². The van der Waals surface area contributed by atoms with Gasteiger partial charge in [-0.1, -0.05) is 42.5 Å². The lowest BCUT2D eigenvalue weighted by Gasteiger charge is -2.21. The van der Waals surface area contributed by atoms with Crippen LogP contribution in [0.25, 0.3) is 10.8 Å². The number of carbonyl (C=O) groups excluding carboxylic acids is 1. The lowest BCUT2D eigenvalue weighted by atomic mass is 9.93. The van der Waals surface area contributed by atoms with Gasteiger partial charge in [0.2, 0.25) is 5.91 Å². The van der Waals surface area contributed by atoms with E-state index in [0.29, 0.717) is 25.2 Å². The average Bonchev–Trinajstić information content (AvgIpc) is 3.19. The Bertz CT molecular complexity index is 831.